The van der Waals surface area contributed by atoms with Gasteiger partial charge in [-0.2, -0.15) is 0 Å². The minimum absolute atomic E-state index is 0.0203. The van der Waals surface area contributed by atoms with Crippen LogP contribution in [0.5, 0.6) is 11.5 Å². The van der Waals surface area contributed by atoms with E-state index in [1.807, 2.05) is 0 Å². The van der Waals surface area contributed by atoms with Crippen molar-refractivity contribution in [1.82, 2.24) is 16.0 Å². The number of carbonyl (C=O) groups excluding carboxylic acids is 3. The molecule has 4 unspecified atom stereocenters. The molecule has 0 saturated heterocycles. The molecule has 16 nitrogen and oxygen atoms in total. The number of hydrogen-bond donors (Lipinski definition) is 10. The molecular formula is C29H39N7O9. The fraction of sp³-hybridized carbons (Fsp3) is 0.379. The van der Waals surface area contributed by atoms with E-state index in [4.69, 9.17) is 22.3 Å². The van der Waals surface area contributed by atoms with Crippen molar-refractivity contribution in [2.24, 2.45) is 22.2 Å². The Morgan fingerprint density at radius 2 is 1.18 bits per heavy atom. The Morgan fingerprint density at radius 1 is 0.689 bits per heavy atom. The van der Waals surface area contributed by atoms with E-state index >= 15 is 0 Å². The highest BCUT2D eigenvalue weighted by Gasteiger charge is 2.30. The zero-order valence-corrected chi connectivity index (χ0v) is 24.4. The van der Waals surface area contributed by atoms with Gasteiger partial charge in [-0.05, 0) is 61.1 Å². The minimum Gasteiger partial charge on any atom is -0.508 e. The second-order valence-corrected chi connectivity index (χ2v) is 10.3. The van der Waals surface area contributed by atoms with E-state index in [-0.39, 0.29) is 49.7 Å². The number of amides is 3. The average molecular weight is 630 g/mol. The van der Waals surface area contributed by atoms with E-state index in [1.165, 1.54) is 36.4 Å². The van der Waals surface area contributed by atoms with Crippen molar-refractivity contribution in [3.63, 3.8) is 0 Å². The second kappa shape index (κ2) is 17.7. The van der Waals surface area contributed by atoms with Crippen molar-refractivity contribution in [3.8, 4) is 11.5 Å². The normalized spacial score (nSPS) is 13.4. The van der Waals surface area contributed by atoms with Crippen LogP contribution < -0.4 is 33.2 Å². The summed E-state index contributed by atoms with van der Waals surface area (Å²) in [5.41, 5.74) is 18.0. The van der Waals surface area contributed by atoms with Crippen LogP contribution in [0.25, 0.3) is 0 Å². The van der Waals surface area contributed by atoms with Crippen molar-refractivity contribution >= 4 is 35.6 Å². The van der Waals surface area contributed by atoms with Gasteiger partial charge < -0.3 is 53.6 Å². The number of rotatable bonds is 18. The number of hydrogen-bond acceptors (Lipinski definition) is 9. The number of phenols is 2. The van der Waals surface area contributed by atoms with Crippen LogP contribution in [0.1, 0.15) is 36.8 Å². The van der Waals surface area contributed by atoms with Gasteiger partial charge in [0.2, 0.25) is 17.7 Å². The fourth-order valence-corrected chi connectivity index (χ4v) is 4.18. The zero-order chi connectivity index (χ0) is 33.5. The molecule has 0 radical (unpaired) electrons. The van der Waals surface area contributed by atoms with E-state index in [9.17, 15) is 39.3 Å². The Bertz CT molecular complexity index is 1350. The first kappa shape index (κ1) is 35.8. The molecule has 0 aliphatic heterocycles. The predicted molar refractivity (Wildman–Crippen MR) is 162 cm³/mol. The number of nitrogens with one attached hydrogen (secondary N) is 3. The number of nitrogens with two attached hydrogens (primary N) is 3. The number of aliphatic carboxylic acids is 2. The van der Waals surface area contributed by atoms with Crippen LogP contribution in [0.3, 0.4) is 0 Å². The average Bonchev–Trinajstić information content (AvgIpc) is 2.97. The maximum absolute atomic E-state index is 13.6. The lowest BCUT2D eigenvalue weighted by molar-refractivity contribution is -0.143. The molecule has 0 saturated carbocycles. The van der Waals surface area contributed by atoms with E-state index in [0.29, 0.717) is 11.1 Å². The summed E-state index contributed by atoms with van der Waals surface area (Å²) in [6, 6.07) is 6.72. The van der Waals surface area contributed by atoms with E-state index in [1.54, 1.807) is 12.1 Å². The number of carbonyl (C=O) groups is 5. The maximum Gasteiger partial charge on any atom is 0.326 e. The standard InChI is InChI=1S/C29H39N7O9/c30-20(14-16-3-7-18(37)8-4-16)25(41)36-23(15-17-5-9-19(38)10-6-17)27(43)34-21(2-1-13-33-29(31)32)26(42)35-22(28(44)45)11-12-24(39)40/h3-10,20-23,37-38H,1-2,11-15,30H2,(H,34,43)(H,35,42)(H,36,41)(H,39,40)(H,44,45)(H4,31,32,33). The van der Waals surface area contributed by atoms with Gasteiger partial charge >= 0.3 is 11.9 Å². The quantitative estimate of drug-likeness (QED) is 0.0521. The van der Waals surface area contributed by atoms with Gasteiger partial charge in [0.25, 0.3) is 0 Å². The Balaban J connectivity index is 2.27. The third-order valence-corrected chi connectivity index (χ3v) is 6.58. The van der Waals surface area contributed by atoms with Crippen LogP contribution in [0.15, 0.2) is 53.5 Å². The van der Waals surface area contributed by atoms with E-state index in [2.05, 4.69) is 20.9 Å². The Labute approximate surface area is 258 Å². The molecule has 13 N–H and O–H groups in total. The second-order valence-electron chi connectivity index (χ2n) is 10.3. The number of phenolic OH excluding ortho intramolecular Hbond substituents is 2. The summed E-state index contributed by atoms with van der Waals surface area (Å²) >= 11 is 0. The molecule has 45 heavy (non-hydrogen) atoms. The monoisotopic (exact) mass is 629 g/mol. The maximum atomic E-state index is 13.6. The van der Waals surface area contributed by atoms with Gasteiger partial charge in [-0.3, -0.25) is 24.2 Å². The minimum atomic E-state index is -1.55. The van der Waals surface area contributed by atoms with Crippen molar-refractivity contribution in [1.29, 1.82) is 0 Å². The molecule has 16 heteroatoms. The highest BCUT2D eigenvalue weighted by Crippen LogP contribution is 2.14. The number of carboxylic acid groups (broad SMARTS) is 2. The van der Waals surface area contributed by atoms with E-state index < -0.39 is 66.7 Å². The lowest BCUT2D eigenvalue weighted by atomic mass is 10.0. The predicted octanol–water partition coefficient (Wildman–Crippen LogP) is -1.33. The number of carboxylic acids is 2. The van der Waals surface area contributed by atoms with Gasteiger partial charge in [0.15, 0.2) is 5.96 Å². The molecule has 0 aliphatic carbocycles. The molecule has 2 rings (SSSR count). The molecule has 0 aliphatic rings. The number of benzene rings is 2. The summed E-state index contributed by atoms with van der Waals surface area (Å²) in [6.45, 7) is 0.0865. The third-order valence-electron chi connectivity index (χ3n) is 6.58. The van der Waals surface area contributed by atoms with Crippen molar-refractivity contribution < 1.29 is 44.4 Å². The Hall–Kier alpha value is -5.38. The number of guanidine groups is 1. The Kier molecular flexibility index (Phi) is 14.1. The number of aromatic hydroxyl groups is 2. The highest BCUT2D eigenvalue weighted by atomic mass is 16.4. The summed E-state index contributed by atoms with van der Waals surface area (Å²) < 4.78 is 0. The molecule has 0 spiro atoms. The summed E-state index contributed by atoms with van der Waals surface area (Å²) in [4.78, 5) is 66.3. The van der Waals surface area contributed by atoms with Gasteiger partial charge in [0, 0.05) is 19.4 Å². The SMILES string of the molecule is NC(N)=NCCCC(NC(=O)C(Cc1ccc(O)cc1)NC(=O)C(N)Cc1ccc(O)cc1)C(=O)NC(CCC(=O)O)C(=O)O. The first-order valence-corrected chi connectivity index (χ1v) is 14.0. The fourth-order valence-electron chi connectivity index (χ4n) is 4.18. The van der Waals surface area contributed by atoms with Crippen LogP contribution in [0, 0.1) is 0 Å². The molecule has 0 heterocycles. The van der Waals surface area contributed by atoms with Crippen LogP contribution >= 0.6 is 0 Å². The van der Waals surface area contributed by atoms with Crippen molar-refractivity contribution in [3.05, 3.63) is 59.7 Å². The van der Waals surface area contributed by atoms with Crippen molar-refractivity contribution in [2.45, 2.75) is 62.7 Å². The smallest absolute Gasteiger partial charge is 0.326 e. The number of nitrogens with zero attached hydrogens (tertiary/aromatic N) is 1. The van der Waals surface area contributed by atoms with Crippen LogP contribution in [0.4, 0.5) is 0 Å². The topological polar surface area (TPSA) is 293 Å². The molecular weight excluding hydrogens is 590 g/mol. The van der Waals surface area contributed by atoms with Crippen LogP contribution in [0.2, 0.25) is 0 Å². The van der Waals surface area contributed by atoms with Gasteiger partial charge in [-0.15, -0.1) is 0 Å². The van der Waals surface area contributed by atoms with Crippen LogP contribution in [-0.4, -0.2) is 86.8 Å². The lowest BCUT2D eigenvalue weighted by Crippen LogP contribution is -2.57. The van der Waals surface area contributed by atoms with E-state index in [0.717, 1.165) is 0 Å². The lowest BCUT2D eigenvalue weighted by Gasteiger charge is -2.25. The summed E-state index contributed by atoms with van der Waals surface area (Å²) in [5, 5.41) is 45.0. The molecule has 4 atom stereocenters. The molecule has 3 amide bonds. The Morgan fingerprint density at radius 3 is 1.69 bits per heavy atom. The summed E-state index contributed by atoms with van der Waals surface area (Å²) in [6.07, 6.45) is -0.756. The third kappa shape index (κ3) is 13.2. The molecule has 0 fully saturated rings. The highest BCUT2D eigenvalue weighted by molar-refractivity contribution is 5.94. The summed E-state index contributed by atoms with van der Waals surface area (Å²) in [7, 11) is 0. The number of aliphatic imine (C=N–C) groups is 1. The van der Waals surface area contributed by atoms with Gasteiger partial charge in [-0.1, -0.05) is 24.3 Å². The zero-order valence-electron chi connectivity index (χ0n) is 24.4. The molecule has 0 bridgehead atoms. The first-order chi connectivity index (χ1) is 21.2. The van der Waals surface area contributed by atoms with Crippen molar-refractivity contribution in [2.75, 3.05) is 6.54 Å². The molecule has 0 aromatic heterocycles. The largest absolute Gasteiger partial charge is 0.508 e. The summed E-state index contributed by atoms with van der Waals surface area (Å²) in [5.74, 6) is -5.28. The molecule has 2 aromatic rings. The molecule has 244 valence electrons. The van der Waals surface area contributed by atoms with Gasteiger partial charge in [0.05, 0.1) is 6.04 Å². The van der Waals surface area contributed by atoms with Gasteiger partial charge in [-0.25, -0.2) is 4.79 Å². The van der Waals surface area contributed by atoms with Crippen LogP contribution in [-0.2, 0) is 36.8 Å². The van der Waals surface area contributed by atoms with Gasteiger partial charge in [0.1, 0.15) is 29.6 Å². The molecule has 2 aromatic carbocycles. The first-order valence-electron chi connectivity index (χ1n) is 14.0.